The molecule has 7 nitrogen and oxygen atoms in total. The summed E-state index contributed by atoms with van der Waals surface area (Å²) >= 11 is 4.42. The molecule has 1 fully saturated rings. The van der Waals surface area contributed by atoms with Crippen LogP contribution in [-0.4, -0.2) is 59.6 Å². The van der Waals surface area contributed by atoms with Crippen LogP contribution in [-0.2, 0) is 23.9 Å². The van der Waals surface area contributed by atoms with Gasteiger partial charge in [0.2, 0.25) is 0 Å². The first kappa shape index (κ1) is 26.2. The molecule has 1 saturated heterocycles. The predicted octanol–water partition coefficient (Wildman–Crippen LogP) is 4.08. The topological polar surface area (TPSA) is 93.1 Å². The largest absolute Gasteiger partial charge is 0.463 e. The number of amides is 1. The lowest BCUT2D eigenvalue weighted by Crippen LogP contribution is -2.31. The maximum Gasteiger partial charge on any atom is 0.311 e. The van der Waals surface area contributed by atoms with Crippen LogP contribution in [0, 0.1) is 5.41 Å². The molecule has 2 aliphatic heterocycles. The Hall–Kier alpha value is -1.10. The van der Waals surface area contributed by atoms with E-state index in [1.165, 1.54) is 23.5 Å². The molecule has 1 unspecified atom stereocenters. The van der Waals surface area contributed by atoms with E-state index in [0.29, 0.717) is 12.3 Å². The quantitative estimate of drug-likeness (QED) is 0.340. The summed E-state index contributed by atoms with van der Waals surface area (Å²) in [5, 5.41) is 11.8. The van der Waals surface area contributed by atoms with Gasteiger partial charge in [-0.15, -0.1) is 0 Å². The molecule has 1 atom stereocenters. The first-order valence-corrected chi connectivity index (χ1v) is 13.1. The normalized spacial score (nSPS) is 20.1. The number of hydrogen-bond acceptors (Lipinski definition) is 9. The lowest BCUT2D eigenvalue weighted by atomic mass is 9.91. The Balaban J connectivity index is 1.73. The SMILES string of the molecule is CCCCN1CS/C(=C2\SC=C(CC(=O)OCC(O)COC(=O)C(C)(C)CC)S2)C1=O. The van der Waals surface area contributed by atoms with Gasteiger partial charge < -0.3 is 19.5 Å². The fraction of sp³-hybridized carbons (Fsp3) is 0.667. The summed E-state index contributed by atoms with van der Waals surface area (Å²) in [5.74, 6) is -0.124. The van der Waals surface area contributed by atoms with Gasteiger partial charge in [0.1, 0.15) is 19.3 Å². The third-order valence-corrected chi connectivity index (χ3v) is 8.72. The molecule has 2 aliphatic rings. The number of esters is 2. The van der Waals surface area contributed by atoms with E-state index < -0.39 is 23.5 Å². The van der Waals surface area contributed by atoms with E-state index in [1.54, 1.807) is 25.6 Å². The summed E-state index contributed by atoms with van der Waals surface area (Å²) in [6, 6.07) is 0. The Labute approximate surface area is 196 Å². The second kappa shape index (κ2) is 12.2. The van der Waals surface area contributed by atoms with Gasteiger partial charge in [0.25, 0.3) is 5.91 Å². The summed E-state index contributed by atoms with van der Waals surface area (Å²) in [6.45, 7) is 7.86. The van der Waals surface area contributed by atoms with Crippen molar-refractivity contribution >= 4 is 53.1 Å². The molecule has 174 valence electrons. The van der Waals surface area contributed by atoms with Crippen molar-refractivity contribution in [1.82, 2.24) is 4.90 Å². The van der Waals surface area contributed by atoms with E-state index in [1.807, 2.05) is 17.2 Å². The number of thioether (sulfide) groups is 3. The molecule has 2 heterocycles. The van der Waals surface area contributed by atoms with Gasteiger partial charge in [-0.05, 0) is 32.1 Å². The van der Waals surface area contributed by atoms with Crippen molar-refractivity contribution in [2.24, 2.45) is 5.41 Å². The zero-order valence-corrected chi connectivity index (χ0v) is 20.9. The van der Waals surface area contributed by atoms with Crippen molar-refractivity contribution < 1.29 is 29.0 Å². The molecule has 31 heavy (non-hydrogen) atoms. The molecule has 0 aliphatic carbocycles. The summed E-state index contributed by atoms with van der Waals surface area (Å²) in [6.07, 6.45) is 1.67. The Kier molecular flexibility index (Phi) is 10.3. The van der Waals surface area contributed by atoms with Gasteiger partial charge in [0, 0.05) is 11.4 Å². The van der Waals surface area contributed by atoms with Crippen molar-refractivity contribution in [2.45, 2.75) is 59.5 Å². The number of carbonyl (C=O) groups excluding carboxylic acids is 3. The lowest BCUT2D eigenvalue weighted by Gasteiger charge is -2.21. The zero-order valence-electron chi connectivity index (χ0n) is 18.5. The van der Waals surface area contributed by atoms with Crippen LogP contribution in [0.3, 0.4) is 0 Å². The van der Waals surface area contributed by atoms with E-state index in [4.69, 9.17) is 9.47 Å². The summed E-state index contributed by atoms with van der Waals surface area (Å²) in [5.41, 5.74) is -0.613. The maximum atomic E-state index is 12.5. The van der Waals surface area contributed by atoms with Crippen molar-refractivity contribution in [3.8, 4) is 0 Å². The highest BCUT2D eigenvalue weighted by Gasteiger charge is 2.32. The number of nitrogens with zero attached hydrogens (tertiary/aromatic N) is 1. The third kappa shape index (κ3) is 7.76. The van der Waals surface area contributed by atoms with E-state index in [2.05, 4.69) is 6.92 Å². The van der Waals surface area contributed by atoms with Crippen LogP contribution in [0.1, 0.15) is 53.4 Å². The fourth-order valence-corrected chi connectivity index (χ4v) is 6.12. The first-order chi connectivity index (χ1) is 14.7. The monoisotopic (exact) mass is 489 g/mol. The van der Waals surface area contributed by atoms with E-state index in [9.17, 15) is 19.5 Å². The second-order valence-electron chi connectivity index (χ2n) is 7.97. The molecule has 2 rings (SSSR count). The van der Waals surface area contributed by atoms with Crippen LogP contribution < -0.4 is 0 Å². The number of hydrogen-bond donors (Lipinski definition) is 1. The second-order valence-corrected chi connectivity index (χ2v) is 11.2. The highest BCUT2D eigenvalue weighted by atomic mass is 32.2. The molecular formula is C21H31NO6S3. The Bertz CT molecular complexity index is 749. The van der Waals surface area contributed by atoms with Crippen LogP contribution in [0.25, 0.3) is 0 Å². The van der Waals surface area contributed by atoms with Crippen LogP contribution in [0.2, 0.25) is 0 Å². The minimum absolute atomic E-state index is 0.0644. The maximum absolute atomic E-state index is 12.5. The molecule has 0 spiro atoms. The molecule has 1 amide bonds. The van der Waals surface area contributed by atoms with Crippen LogP contribution in [0.4, 0.5) is 0 Å². The predicted molar refractivity (Wildman–Crippen MR) is 126 cm³/mol. The highest BCUT2D eigenvalue weighted by molar-refractivity contribution is 8.28. The number of aliphatic hydroxyl groups excluding tert-OH is 1. The Morgan fingerprint density at radius 2 is 1.97 bits per heavy atom. The highest BCUT2D eigenvalue weighted by Crippen LogP contribution is 2.50. The Morgan fingerprint density at radius 1 is 1.26 bits per heavy atom. The van der Waals surface area contributed by atoms with Crippen molar-refractivity contribution in [3.05, 3.63) is 19.5 Å². The third-order valence-electron chi connectivity index (χ3n) is 4.93. The molecule has 0 radical (unpaired) electrons. The number of rotatable bonds is 11. The lowest BCUT2D eigenvalue weighted by molar-refractivity contribution is -0.159. The van der Waals surface area contributed by atoms with Gasteiger partial charge in [-0.3, -0.25) is 14.4 Å². The van der Waals surface area contributed by atoms with Crippen LogP contribution in [0.5, 0.6) is 0 Å². The van der Waals surface area contributed by atoms with Crippen LogP contribution >= 0.6 is 35.3 Å². The van der Waals surface area contributed by atoms with Crippen molar-refractivity contribution in [1.29, 1.82) is 0 Å². The van der Waals surface area contributed by atoms with Crippen molar-refractivity contribution in [2.75, 3.05) is 25.6 Å². The van der Waals surface area contributed by atoms with Gasteiger partial charge in [-0.2, -0.15) is 0 Å². The zero-order chi connectivity index (χ0) is 23.0. The van der Waals surface area contributed by atoms with Crippen LogP contribution in [0.15, 0.2) is 19.5 Å². The molecular weight excluding hydrogens is 458 g/mol. The average Bonchev–Trinajstić information content (AvgIpc) is 3.34. The molecule has 0 bridgehead atoms. The number of aliphatic hydroxyl groups is 1. The molecule has 0 saturated carbocycles. The van der Waals surface area contributed by atoms with Gasteiger partial charge in [-0.25, -0.2) is 0 Å². The standard InChI is InChI=1S/C21H31NO6S3/c1-5-7-8-22-13-30-17(18(22)25)19-29-12-15(31-19)9-16(24)27-10-14(23)11-28-20(26)21(3,4)6-2/h12,14,23H,5-11,13H2,1-4H3/b19-17+. The van der Waals surface area contributed by atoms with Gasteiger partial charge in [-0.1, -0.05) is 55.6 Å². The summed E-state index contributed by atoms with van der Waals surface area (Å²) in [4.78, 5) is 40.0. The average molecular weight is 490 g/mol. The van der Waals surface area contributed by atoms with E-state index >= 15 is 0 Å². The van der Waals surface area contributed by atoms with Gasteiger partial charge >= 0.3 is 11.9 Å². The minimum atomic E-state index is -1.07. The fourth-order valence-electron chi connectivity index (χ4n) is 2.47. The Morgan fingerprint density at radius 3 is 2.65 bits per heavy atom. The molecule has 1 N–H and O–H groups in total. The van der Waals surface area contributed by atoms with Gasteiger partial charge in [0.05, 0.1) is 26.9 Å². The van der Waals surface area contributed by atoms with E-state index in [0.717, 1.165) is 33.4 Å². The van der Waals surface area contributed by atoms with E-state index in [-0.39, 0.29) is 25.5 Å². The molecule has 10 heteroatoms. The van der Waals surface area contributed by atoms with Gasteiger partial charge in [0.15, 0.2) is 0 Å². The minimum Gasteiger partial charge on any atom is -0.463 e. The molecule has 0 aromatic rings. The van der Waals surface area contributed by atoms with Crippen molar-refractivity contribution in [3.63, 3.8) is 0 Å². The molecule has 0 aromatic heterocycles. The first-order valence-electron chi connectivity index (χ1n) is 10.4. The number of carbonyl (C=O) groups is 3. The summed E-state index contributed by atoms with van der Waals surface area (Å²) < 4.78 is 11.1. The molecule has 0 aromatic carbocycles. The number of ether oxygens (including phenoxy) is 2. The summed E-state index contributed by atoms with van der Waals surface area (Å²) in [7, 11) is 0. The number of unbranched alkanes of at least 4 members (excludes halogenated alkanes) is 1. The smallest absolute Gasteiger partial charge is 0.311 e.